The van der Waals surface area contributed by atoms with Crippen LogP contribution in [0.5, 0.6) is 0 Å². The number of anilines is 5. The topological polar surface area (TPSA) is 313 Å². The zero-order valence-electron chi connectivity index (χ0n) is 46.5. The fraction of sp³-hybridized carbons (Fsp3) is 0.0656. The molecule has 5 aromatic carbocycles. The highest BCUT2D eigenvalue weighted by molar-refractivity contribution is 7.16. The molecule has 0 radical (unpaired) electrons. The summed E-state index contributed by atoms with van der Waals surface area (Å²) in [5.41, 5.74) is 9.46. The summed E-state index contributed by atoms with van der Waals surface area (Å²) in [7, 11) is 0. The number of aryl methyl sites for hydroxylation is 2. The van der Waals surface area contributed by atoms with E-state index in [2.05, 4.69) is 61.8 Å². The molecule has 27 heteroatoms. The number of amides is 5. The highest BCUT2D eigenvalue weighted by atomic mass is 32.1. The third-order valence-corrected chi connectivity index (χ3v) is 16.0. The average molecular weight is 1230 g/mol. The number of hydrogen-bond donors (Lipinski definition) is 7. The minimum atomic E-state index is -1.04. The number of carbonyl (C=O) groups excluding carboxylic acids is 5. The van der Waals surface area contributed by atoms with Crippen LogP contribution in [-0.2, 0) is 13.2 Å². The molecule has 0 bridgehead atoms. The van der Waals surface area contributed by atoms with E-state index < -0.39 is 5.97 Å². The van der Waals surface area contributed by atoms with Crippen molar-refractivity contribution in [2.24, 2.45) is 0 Å². The highest BCUT2D eigenvalue weighted by Gasteiger charge is 2.18. The third-order valence-electron chi connectivity index (χ3n) is 12.8. The van der Waals surface area contributed by atoms with Gasteiger partial charge in [0.25, 0.3) is 29.5 Å². The van der Waals surface area contributed by atoms with Gasteiger partial charge in [-0.1, -0.05) is 24.3 Å². The Balaban J connectivity index is 0.000000150. The van der Waals surface area contributed by atoms with Crippen LogP contribution in [0, 0.1) is 13.8 Å². The Hall–Kier alpha value is -11.4. The normalized spacial score (nSPS) is 10.6. The van der Waals surface area contributed by atoms with Gasteiger partial charge in [-0.2, -0.15) is 15.3 Å². The van der Waals surface area contributed by atoms with Crippen LogP contribution in [0.4, 0.5) is 28.4 Å². The summed E-state index contributed by atoms with van der Waals surface area (Å²) < 4.78 is 6.83. The Morgan fingerprint density at radius 3 is 1.09 bits per heavy atom. The zero-order chi connectivity index (χ0) is 61.5. The quantitative estimate of drug-likeness (QED) is 0.0446. The maximum absolute atomic E-state index is 12.8. The average Bonchev–Trinajstić information content (AvgIpc) is 4.03. The van der Waals surface area contributed by atoms with Crippen LogP contribution in [0.3, 0.4) is 0 Å². The monoisotopic (exact) mass is 1230 g/mol. The lowest BCUT2D eigenvalue weighted by molar-refractivity contribution is 0.0701. The predicted octanol–water partition coefficient (Wildman–Crippen LogP) is 10.3. The van der Waals surface area contributed by atoms with Crippen LogP contribution >= 0.6 is 34.0 Å². The van der Waals surface area contributed by atoms with Gasteiger partial charge >= 0.3 is 5.97 Å². The SMILES string of the molecule is Cc1cc(CO)ccc1NC(=O)c1ccc(C(=O)Nc2ccc(-n3cncn3)cc2)s1.Cc1cc(Cn2ccnc2)ccc1NC(=O)c1ccc(C(=O)Nc2ccc(-n3cncn3)cc2)s1.O=C(O)c1ccc(C(=O)Nc2ccc(-n3cncn3)cc2)s1. The number of aromatic nitrogens is 11. The summed E-state index contributed by atoms with van der Waals surface area (Å²) in [4.78, 5) is 91.4. The zero-order valence-corrected chi connectivity index (χ0v) is 48.9. The maximum Gasteiger partial charge on any atom is 0.345 e. The smallest absolute Gasteiger partial charge is 0.345 e. The molecule has 0 saturated carbocycles. The van der Waals surface area contributed by atoms with E-state index in [1.807, 2.05) is 73.1 Å². The number of aliphatic hydroxyl groups excluding tert-OH is 1. The summed E-state index contributed by atoms with van der Waals surface area (Å²) in [6.45, 7) is 4.47. The maximum atomic E-state index is 12.8. The molecular formula is C61H50N16O8S3. The number of carbonyl (C=O) groups is 6. The first kappa shape index (κ1) is 59.8. The van der Waals surface area contributed by atoms with Crippen LogP contribution in [0.15, 0.2) is 202 Å². The van der Waals surface area contributed by atoms with Crippen molar-refractivity contribution in [3.05, 3.63) is 254 Å². The first-order valence-electron chi connectivity index (χ1n) is 26.4. The summed E-state index contributed by atoms with van der Waals surface area (Å²) in [6, 6.07) is 42.2. The van der Waals surface area contributed by atoms with Gasteiger partial charge in [-0.05, 0) is 157 Å². The van der Waals surface area contributed by atoms with E-state index in [9.17, 15) is 33.9 Å². The van der Waals surface area contributed by atoms with E-state index >= 15 is 0 Å². The Morgan fingerprint density at radius 1 is 0.420 bits per heavy atom. The van der Waals surface area contributed by atoms with E-state index in [4.69, 9.17) is 5.11 Å². The van der Waals surface area contributed by atoms with Crippen molar-refractivity contribution in [2.45, 2.75) is 27.0 Å². The summed E-state index contributed by atoms with van der Waals surface area (Å²) >= 11 is 3.20. The van der Waals surface area contributed by atoms with Gasteiger partial charge in [0.1, 0.15) is 42.8 Å². The molecule has 12 aromatic rings. The lowest BCUT2D eigenvalue weighted by atomic mass is 10.1. The number of carboxylic acid groups (broad SMARTS) is 1. The molecular weight excluding hydrogens is 1180 g/mol. The molecule has 24 nitrogen and oxygen atoms in total. The van der Waals surface area contributed by atoms with Crippen molar-refractivity contribution in [1.29, 1.82) is 0 Å². The van der Waals surface area contributed by atoms with E-state index in [-0.39, 0.29) is 41.0 Å². The number of carboxylic acids is 1. The van der Waals surface area contributed by atoms with Crippen molar-refractivity contribution >= 4 is 98.0 Å². The van der Waals surface area contributed by atoms with Crippen LogP contribution in [0.25, 0.3) is 17.1 Å². The number of thiophene rings is 3. The van der Waals surface area contributed by atoms with Gasteiger partial charge in [-0.25, -0.2) is 38.8 Å². The lowest BCUT2D eigenvalue weighted by Gasteiger charge is -2.10. The molecule has 0 saturated heterocycles. The fourth-order valence-electron chi connectivity index (χ4n) is 8.32. The van der Waals surface area contributed by atoms with Crippen LogP contribution in [-0.4, -0.2) is 99.6 Å². The summed E-state index contributed by atoms with van der Waals surface area (Å²) in [5.74, 6) is -2.49. The van der Waals surface area contributed by atoms with Crippen LogP contribution < -0.4 is 26.6 Å². The molecule has 5 amide bonds. The number of nitrogens with zero attached hydrogens (tertiary/aromatic N) is 11. The molecule has 0 atom stereocenters. The summed E-state index contributed by atoms with van der Waals surface area (Å²) in [5, 5.41) is 44.4. The molecule has 7 N–H and O–H groups in total. The van der Waals surface area contributed by atoms with Crippen molar-refractivity contribution in [1.82, 2.24) is 53.8 Å². The second-order valence-electron chi connectivity index (χ2n) is 18.9. The van der Waals surface area contributed by atoms with Gasteiger partial charge in [0.05, 0.1) is 54.4 Å². The van der Waals surface area contributed by atoms with Gasteiger partial charge in [-0.3, -0.25) is 24.0 Å². The minimum Gasteiger partial charge on any atom is -0.477 e. The number of rotatable bonds is 17. The van der Waals surface area contributed by atoms with Crippen molar-refractivity contribution in [3.8, 4) is 17.1 Å². The Morgan fingerprint density at radius 2 is 0.773 bits per heavy atom. The number of benzene rings is 5. The number of hydrogen-bond acceptors (Lipinski definition) is 17. The number of imidazole rings is 1. The van der Waals surface area contributed by atoms with Crippen molar-refractivity contribution in [2.75, 3.05) is 26.6 Å². The Kier molecular flexibility index (Phi) is 19.0. The van der Waals surface area contributed by atoms with E-state index in [1.54, 1.807) is 130 Å². The lowest BCUT2D eigenvalue weighted by Crippen LogP contribution is -2.12. The van der Waals surface area contributed by atoms with Gasteiger partial charge in [0.2, 0.25) is 0 Å². The predicted molar refractivity (Wildman–Crippen MR) is 333 cm³/mol. The fourth-order valence-corrected chi connectivity index (χ4v) is 10.7. The Labute approximate surface area is 512 Å². The first-order chi connectivity index (χ1) is 42.7. The number of nitrogens with one attached hydrogen (secondary N) is 5. The minimum absolute atomic E-state index is 0.0539. The van der Waals surface area contributed by atoms with E-state index in [0.29, 0.717) is 53.7 Å². The van der Waals surface area contributed by atoms with Gasteiger partial charge in [-0.15, -0.1) is 34.0 Å². The largest absolute Gasteiger partial charge is 0.477 e. The van der Waals surface area contributed by atoms with Crippen LogP contribution in [0.2, 0.25) is 0 Å². The summed E-state index contributed by atoms with van der Waals surface area (Å²) in [6.07, 6.45) is 14.5. The molecule has 7 heterocycles. The molecule has 0 unspecified atom stereocenters. The van der Waals surface area contributed by atoms with Gasteiger partial charge in [0, 0.05) is 47.4 Å². The van der Waals surface area contributed by atoms with E-state index in [1.165, 1.54) is 31.1 Å². The molecule has 12 rings (SSSR count). The number of aliphatic hydroxyl groups is 1. The first-order valence-corrected chi connectivity index (χ1v) is 28.9. The standard InChI is InChI=1S/C25H21N7O2S.C22H19N5O3S.C14H10N4O3S/c1-17-12-18(13-31-11-10-26-15-31)2-7-21(17)30-25(34)23-9-8-22(35-23)24(33)29-19-3-5-20(6-4-19)32-16-27-14-28-32;1-14-10-15(11-28)2-7-18(14)26-22(30)20-9-8-19(31-20)21(29)25-16-3-5-17(6-4-16)27-13-23-12-24-27;19-13(11-5-6-12(22-11)14(20)21)17-9-1-3-10(4-2-9)18-8-15-7-16-18/h2-12,14-16H,13H2,1H3,(H,29,33)(H,30,34);2-10,12-13,28H,11H2,1H3,(H,25,29)(H,26,30);1-8H,(H,17,19)(H,20,21). The van der Waals surface area contributed by atoms with E-state index in [0.717, 1.165) is 79.0 Å². The molecule has 0 fully saturated rings. The van der Waals surface area contributed by atoms with Crippen molar-refractivity contribution in [3.63, 3.8) is 0 Å². The van der Waals surface area contributed by atoms with Crippen molar-refractivity contribution < 1.29 is 39.0 Å². The number of aromatic carboxylic acids is 1. The molecule has 7 aromatic heterocycles. The second kappa shape index (κ2) is 28.0. The molecule has 88 heavy (non-hydrogen) atoms. The highest BCUT2D eigenvalue weighted by Crippen LogP contribution is 2.26. The Bertz CT molecular complexity index is 4350. The molecule has 440 valence electrons. The molecule has 0 aliphatic carbocycles. The van der Waals surface area contributed by atoms with Gasteiger partial charge < -0.3 is 41.4 Å². The molecule has 0 spiro atoms. The van der Waals surface area contributed by atoms with Crippen LogP contribution in [0.1, 0.15) is 80.3 Å². The van der Waals surface area contributed by atoms with Gasteiger partial charge in [0.15, 0.2) is 0 Å². The molecule has 0 aliphatic heterocycles. The molecule has 0 aliphatic rings. The third kappa shape index (κ3) is 15.5. The second-order valence-corrected chi connectivity index (χ2v) is 22.2.